The maximum Gasteiger partial charge on any atom is 0.342 e. The van der Waals surface area contributed by atoms with Crippen LogP contribution in [0.3, 0.4) is 0 Å². The van der Waals surface area contributed by atoms with Gasteiger partial charge in [-0.25, -0.2) is 0 Å². The van der Waals surface area contributed by atoms with Crippen molar-refractivity contribution in [3.05, 3.63) is 376 Å². The molecular formula is C128H123B3N6O2S2. The third-order valence-corrected chi connectivity index (χ3v) is 32.6. The van der Waals surface area contributed by atoms with E-state index in [0.29, 0.717) is 0 Å². The quantitative estimate of drug-likeness (QED) is 0.153. The highest BCUT2D eigenvalue weighted by Crippen LogP contribution is 2.56. The molecule has 19 aromatic rings. The maximum atomic E-state index is 6.90. The Kier molecular flexibility index (Phi) is 21.3. The Labute approximate surface area is 842 Å². The van der Waals surface area contributed by atoms with Crippen LogP contribution in [0.15, 0.2) is 318 Å². The van der Waals surface area contributed by atoms with Crippen LogP contribution >= 0.6 is 22.7 Å². The molecule has 0 saturated heterocycles. The van der Waals surface area contributed by atoms with Crippen LogP contribution in [0, 0.1) is 41.5 Å². The predicted octanol–water partition coefficient (Wildman–Crippen LogP) is 30.9. The molecule has 698 valence electrons. The first-order valence-corrected chi connectivity index (χ1v) is 52.0. The molecule has 0 spiro atoms. The molecule has 0 amide bonds. The minimum Gasteiger partial charge on any atom is -0.468 e. The SMILES string of the molecule is CC(C)(C)c1ccc(N2c3cccc4c3B(c3oc5ccccc5c32)c2oc3ccccc3c2N4c2ccc(C(C)(C)C)cc2)cc1.Cc1cc2c3c(c1)N(c1ccc(C(C)(C)C)cc1)c1c(sc4ccc(C(C)(C)C)cc14)B3c1sc3ccc(C(C)(C)C)cc3c1N2c1ccc(C(C)(C)C)cc1.Cc1ccc(N2c3ccc(C)cc3B3c4cc(C)ccc4N(c4ccc(C)cc4)c4cc(C)cc2c43)cc1. The molecule has 0 bridgehead atoms. The van der Waals surface area contributed by atoms with Gasteiger partial charge in [-0.05, 0) is 316 Å². The van der Waals surface area contributed by atoms with Gasteiger partial charge in [0.15, 0.2) is 0 Å². The monoisotopic (exact) mass is 1870 g/mol. The highest BCUT2D eigenvalue weighted by Gasteiger charge is 2.52. The number of thiophene rings is 2. The van der Waals surface area contributed by atoms with E-state index in [-0.39, 0.29) is 52.6 Å². The first kappa shape index (κ1) is 91.1. The summed E-state index contributed by atoms with van der Waals surface area (Å²) in [7, 11) is 0. The van der Waals surface area contributed by atoms with Gasteiger partial charge in [-0.15, -0.1) is 22.7 Å². The fraction of sp³-hybridized carbons (Fsp3) is 0.234. The minimum atomic E-state index is -0.207. The Morgan fingerprint density at radius 2 is 0.496 bits per heavy atom. The molecule has 0 aliphatic carbocycles. The second kappa shape index (κ2) is 33.0. The van der Waals surface area contributed by atoms with Crippen LogP contribution in [0.25, 0.3) is 42.1 Å². The van der Waals surface area contributed by atoms with Gasteiger partial charge in [0.25, 0.3) is 13.4 Å². The molecule has 0 unspecified atom stereocenters. The van der Waals surface area contributed by atoms with Crippen LogP contribution in [0.1, 0.15) is 191 Å². The molecule has 25 rings (SSSR count). The van der Waals surface area contributed by atoms with Crippen molar-refractivity contribution in [3.8, 4) is 0 Å². The van der Waals surface area contributed by atoms with Crippen LogP contribution in [-0.4, -0.2) is 20.1 Å². The number of fused-ring (bicyclic) bond motifs is 20. The Bertz CT molecular complexity index is 7790. The zero-order valence-electron chi connectivity index (χ0n) is 86.0. The first-order valence-electron chi connectivity index (χ1n) is 50.3. The van der Waals surface area contributed by atoms with E-state index < -0.39 is 0 Å². The van der Waals surface area contributed by atoms with Gasteiger partial charge < -0.3 is 38.2 Å². The lowest BCUT2D eigenvalue weighted by atomic mass is 9.33. The summed E-state index contributed by atoms with van der Waals surface area (Å²) < 4.78 is 19.4. The van der Waals surface area contributed by atoms with Crippen LogP contribution in [0.2, 0.25) is 0 Å². The zero-order valence-corrected chi connectivity index (χ0v) is 87.6. The Hall–Kier alpha value is -13.7. The molecule has 0 N–H and O–H groups in total. The van der Waals surface area contributed by atoms with Crippen molar-refractivity contribution in [2.75, 3.05) is 29.4 Å². The topological polar surface area (TPSA) is 45.7 Å². The molecule has 0 radical (unpaired) electrons. The van der Waals surface area contributed by atoms with Crippen LogP contribution in [0.5, 0.6) is 0 Å². The summed E-state index contributed by atoms with van der Waals surface area (Å²) in [6.45, 7) is 54.7. The number of benzene rings is 15. The van der Waals surface area contributed by atoms with E-state index in [4.69, 9.17) is 8.83 Å². The summed E-state index contributed by atoms with van der Waals surface area (Å²) in [6.07, 6.45) is 0. The summed E-state index contributed by atoms with van der Waals surface area (Å²) in [5.74, 6) is 0. The van der Waals surface area contributed by atoms with Gasteiger partial charge in [0.05, 0.1) is 22.7 Å². The largest absolute Gasteiger partial charge is 0.468 e. The third kappa shape index (κ3) is 15.2. The van der Waals surface area contributed by atoms with Crippen molar-refractivity contribution in [1.82, 2.24) is 0 Å². The van der Waals surface area contributed by atoms with E-state index >= 15 is 0 Å². The number of aryl methyl sites for hydroxylation is 6. The lowest BCUT2D eigenvalue weighted by molar-refractivity contribution is 0.590. The summed E-state index contributed by atoms with van der Waals surface area (Å²) in [5, 5.41) is 4.89. The van der Waals surface area contributed by atoms with Gasteiger partial charge in [0.1, 0.15) is 22.5 Å². The average Bonchev–Trinajstić information content (AvgIpc) is 1.33. The molecule has 0 atom stereocenters. The fourth-order valence-corrected chi connectivity index (χ4v) is 25.3. The van der Waals surface area contributed by atoms with E-state index in [1.165, 1.54) is 192 Å². The summed E-state index contributed by atoms with van der Waals surface area (Å²) in [6, 6.07) is 116. The van der Waals surface area contributed by atoms with Gasteiger partial charge in [-0.2, -0.15) is 0 Å². The Balaban J connectivity index is 0.000000120. The summed E-state index contributed by atoms with van der Waals surface area (Å²) in [5.41, 5.74) is 48.1. The molecule has 8 nitrogen and oxygen atoms in total. The average molecular weight is 1870 g/mol. The number of anilines is 18. The minimum absolute atomic E-state index is 0.0375. The van der Waals surface area contributed by atoms with E-state index in [2.05, 4.69) is 505 Å². The van der Waals surface area contributed by atoms with Gasteiger partial charge >= 0.3 is 6.71 Å². The standard InChI is InChI=1S/C51H55BN2S2.C42H37BN2O2.C35H31BN2/c1-30-26-39-43-40(27-30)54(36-22-16-32(17-23-36)49(5,6)7)45-38-29-34(51(11,12)13)19-25-42(38)56-47(45)52(43)46-44(37-28-33(50(8,9)10)18-24-41(37)55-46)53(39)35-20-14-31(15-21-35)48(2,3)4;1-41(2,3)26-18-22-28(23-19-26)44-32-14-11-15-33-36(32)43(39-37(44)30-12-7-9-16-34(30)46-39)40-38(31-13-8-10-17-35(31)47-40)45(33)29-24-20-27(21-25-29)42(4,5)6;1-22-6-12-27(13-7-22)37-31-16-10-24(3)18-29(31)36-30-19-25(4)11-17-32(30)38(28-14-8-23(2)9-15-28)34-21-26(5)20-33(37)35(34)36/h14-29H,1-13H3;7-25H,1-6H3;6-21H,1-5H3. The molecule has 141 heavy (non-hydrogen) atoms. The Morgan fingerprint density at radius 3 is 0.837 bits per heavy atom. The van der Waals surface area contributed by atoms with Gasteiger partial charge in [0.2, 0.25) is 0 Å². The van der Waals surface area contributed by atoms with Gasteiger partial charge in [-0.1, -0.05) is 286 Å². The Morgan fingerprint density at radius 1 is 0.213 bits per heavy atom. The lowest BCUT2D eigenvalue weighted by Crippen LogP contribution is -2.61. The van der Waals surface area contributed by atoms with E-state index in [1.807, 2.05) is 22.7 Å². The van der Waals surface area contributed by atoms with E-state index in [1.54, 1.807) is 0 Å². The maximum absolute atomic E-state index is 6.90. The first-order chi connectivity index (χ1) is 67.2. The van der Waals surface area contributed by atoms with Crippen molar-refractivity contribution in [1.29, 1.82) is 0 Å². The molecule has 4 aromatic heterocycles. The van der Waals surface area contributed by atoms with Gasteiger partial charge in [0, 0.05) is 120 Å². The molecule has 0 saturated carbocycles. The fourth-order valence-electron chi connectivity index (χ4n) is 22.7. The van der Waals surface area contributed by atoms with E-state index in [0.717, 1.165) is 67.4 Å². The highest BCUT2D eigenvalue weighted by molar-refractivity contribution is 7.40. The number of para-hydroxylation sites is 2. The smallest absolute Gasteiger partial charge is 0.342 e. The molecule has 10 heterocycles. The van der Waals surface area contributed by atoms with Crippen molar-refractivity contribution in [3.63, 3.8) is 0 Å². The number of nitrogens with zero attached hydrogens (tertiary/aromatic N) is 6. The molecule has 0 fully saturated rings. The van der Waals surface area contributed by atoms with Crippen LogP contribution in [0.4, 0.5) is 102 Å². The highest BCUT2D eigenvalue weighted by atomic mass is 32.1. The van der Waals surface area contributed by atoms with Crippen molar-refractivity contribution in [2.45, 2.75) is 199 Å². The van der Waals surface area contributed by atoms with Crippen LogP contribution in [-0.2, 0) is 32.5 Å². The molecule has 6 aliphatic rings. The summed E-state index contributed by atoms with van der Waals surface area (Å²) >= 11 is 3.99. The normalized spacial score (nSPS) is 14.0. The molecule has 15 aromatic carbocycles. The lowest BCUT2D eigenvalue weighted by Gasteiger charge is -2.44. The number of furan rings is 2. The predicted molar refractivity (Wildman–Crippen MR) is 612 cm³/mol. The number of hydrogen-bond donors (Lipinski definition) is 0. The molecular weight excluding hydrogens is 1750 g/mol. The van der Waals surface area contributed by atoms with Crippen LogP contribution < -0.4 is 77.6 Å². The van der Waals surface area contributed by atoms with Gasteiger partial charge in [-0.3, -0.25) is 0 Å². The van der Waals surface area contributed by atoms with Crippen molar-refractivity contribution in [2.24, 2.45) is 0 Å². The van der Waals surface area contributed by atoms with Crippen molar-refractivity contribution < 1.29 is 8.83 Å². The summed E-state index contributed by atoms with van der Waals surface area (Å²) in [4.78, 5) is 15.0. The van der Waals surface area contributed by atoms with E-state index in [9.17, 15) is 0 Å². The number of rotatable bonds is 6. The number of hydrogen-bond acceptors (Lipinski definition) is 10. The van der Waals surface area contributed by atoms with Crippen molar-refractivity contribution >= 4 is 235 Å². The second-order valence-corrected chi connectivity index (χ2v) is 48.8. The third-order valence-electron chi connectivity index (χ3n) is 30.2. The second-order valence-electron chi connectivity index (χ2n) is 46.6. The zero-order chi connectivity index (χ0) is 98.2. The molecule has 13 heteroatoms. The molecule has 6 aliphatic heterocycles.